The zero-order chi connectivity index (χ0) is 66.7. The van der Waals surface area contributed by atoms with Gasteiger partial charge in [0, 0.05) is 26.0 Å². The van der Waals surface area contributed by atoms with E-state index in [1.165, 1.54) is 84.9 Å². The highest BCUT2D eigenvalue weighted by Gasteiger charge is 2.65. The molecule has 0 bridgehead atoms. The number of aromatic hydroxyl groups is 2. The van der Waals surface area contributed by atoms with Crippen molar-refractivity contribution in [2.45, 2.75) is 161 Å². The number of esters is 5. The molecule has 506 valence electrons. The van der Waals surface area contributed by atoms with E-state index in [0.717, 1.165) is 26.0 Å². The fourth-order valence-electron chi connectivity index (χ4n) is 10.5. The molecule has 33 heteroatoms. The van der Waals surface area contributed by atoms with Crippen molar-refractivity contribution in [1.29, 1.82) is 0 Å². The Balaban J connectivity index is 1.30. The average molecular weight is 1310 g/mol. The van der Waals surface area contributed by atoms with Gasteiger partial charge >= 0.3 is 29.8 Å². The first-order valence-corrected chi connectivity index (χ1v) is 28.6. The Hall–Kier alpha value is -6.75. The largest absolute Gasteiger partial charge is 0.508 e. The molecule has 0 aliphatic carbocycles. The summed E-state index contributed by atoms with van der Waals surface area (Å²) in [5.41, 5.74) is 0.509. The zero-order valence-electron chi connectivity index (χ0n) is 48.9. The highest BCUT2D eigenvalue weighted by atomic mass is 16.8. The molecule has 5 heterocycles. The Labute approximate surface area is 522 Å². The van der Waals surface area contributed by atoms with Crippen LogP contribution in [0.5, 0.6) is 11.5 Å². The van der Waals surface area contributed by atoms with Crippen molar-refractivity contribution in [3.05, 3.63) is 108 Å². The molecule has 0 aromatic heterocycles. The lowest BCUT2D eigenvalue weighted by atomic mass is 9.95. The summed E-state index contributed by atoms with van der Waals surface area (Å²) in [4.78, 5) is 67.7. The Morgan fingerprint density at radius 2 is 0.935 bits per heavy atom. The van der Waals surface area contributed by atoms with E-state index < -0.39 is 216 Å². The van der Waals surface area contributed by atoms with Crippen molar-refractivity contribution in [3.63, 3.8) is 0 Å². The molecule has 0 radical (unpaired) electrons. The summed E-state index contributed by atoms with van der Waals surface area (Å²) in [6, 6.07) is 17.9. The summed E-state index contributed by atoms with van der Waals surface area (Å²) in [7, 11) is 0. The van der Waals surface area contributed by atoms with E-state index in [-0.39, 0.29) is 17.1 Å². The first kappa shape index (κ1) is 71.1. The van der Waals surface area contributed by atoms with Crippen LogP contribution in [0.1, 0.15) is 35.3 Å². The van der Waals surface area contributed by atoms with Gasteiger partial charge in [-0.2, -0.15) is 0 Å². The second kappa shape index (κ2) is 31.9. The Kier molecular flexibility index (Phi) is 24.7. The number of hydrogen-bond acceptors (Lipinski definition) is 33. The van der Waals surface area contributed by atoms with Gasteiger partial charge in [0.2, 0.25) is 5.79 Å². The number of aliphatic hydroxyl groups excluding tert-OH is 12. The van der Waals surface area contributed by atoms with E-state index in [4.69, 9.17) is 66.3 Å². The SMILES string of the molecule is CC(=O)OC[C@H]1O[C@H](O[C@]2(COC(=O)/C=C/c3ccc(O)cc3)O[C@H](CO)[C@@H](O)[C@@H]2OC(=O)c2ccccc2)[C@H](O[C@@H]2O[C@H](CO)[C@@H](O)[C@H](O)[C@H]2O)[C@@H](O[C@H]2O[C@H](CO)[C@@H](OC(C)=O)[C@H](O[C@H]3O[C@H](CO)[C@@H](O)[C@H](O)[C@H]3O)[C@H]2O)[C@@H]1OC(=O)/C=C/c1ccc(O)cc1. The molecular formula is C59H72O33. The van der Waals surface area contributed by atoms with Crippen LogP contribution in [0.25, 0.3) is 12.2 Å². The van der Waals surface area contributed by atoms with Crippen LogP contribution in [0.15, 0.2) is 91.0 Å². The number of benzene rings is 3. The van der Waals surface area contributed by atoms with Gasteiger partial charge in [-0.05, 0) is 59.7 Å². The number of carbonyl (C=O) groups excluding carboxylic acids is 5. The monoisotopic (exact) mass is 1310 g/mol. The quantitative estimate of drug-likeness (QED) is 0.0227. The molecule has 8 rings (SSSR count). The van der Waals surface area contributed by atoms with Crippen LogP contribution >= 0.6 is 0 Å². The van der Waals surface area contributed by atoms with Crippen molar-refractivity contribution in [3.8, 4) is 11.5 Å². The number of aliphatic hydroxyl groups is 12. The van der Waals surface area contributed by atoms with Gasteiger partial charge in [0.25, 0.3) is 0 Å². The third-order valence-corrected chi connectivity index (χ3v) is 15.2. The molecule has 14 N–H and O–H groups in total. The maximum atomic E-state index is 14.3. The van der Waals surface area contributed by atoms with Crippen LogP contribution in [0.4, 0.5) is 0 Å². The fourth-order valence-corrected chi connectivity index (χ4v) is 10.5. The van der Waals surface area contributed by atoms with E-state index >= 15 is 0 Å². The fraction of sp³-hybridized carbons (Fsp3) is 0.542. The molecule has 5 aliphatic rings. The predicted octanol–water partition coefficient (Wildman–Crippen LogP) is -4.98. The molecule has 5 saturated heterocycles. The minimum Gasteiger partial charge on any atom is -0.508 e. The van der Waals surface area contributed by atoms with Gasteiger partial charge in [-0.1, -0.05) is 42.5 Å². The lowest BCUT2D eigenvalue weighted by Crippen LogP contribution is -2.70. The molecule has 0 spiro atoms. The molecule has 0 unspecified atom stereocenters. The second-order valence-electron chi connectivity index (χ2n) is 21.6. The molecule has 0 amide bonds. The van der Waals surface area contributed by atoms with Gasteiger partial charge in [0.15, 0.2) is 43.5 Å². The molecule has 3 aromatic rings. The lowest BCUT2D eigenvalue weighted by Gasteiger charge is -2.51. The standard InChI is InChI=1S/C59H72O33/c1-26(64)79-24-37-49(86-39(69)19-13-29-10-16-32(67)17-11-29)51(88-57-47(77)50(48(81-27(2)65)36(23-63)84-57)87-55-45(75)43(73)40(70)33(20-60)82-55)52(89-56-46(76)44(74)41(71)34(21-61)83-56)58(85-37)92-59(25-80-38(68)18-12-28-8-14-31(66)15-9-28)53(42(72)35(22-62)91-59)90-54(78)30-6-4-3-5-7-30/h3-19,33-37,40-53,55-58,60-63,66-67,70-77H,20-25H2,1-2H3/b18-12+,19-13+/t33-,34-,35-,36-,37-,40-,41-,42-,43+,44+,45-,46-,47-,48-,49-,50-,51+,52-,53+,55-,56+,57-,58-,59+/m1/s1. The van der Waals surface area contributed by atoms with Crippen molar-refractivity contribution in [2.75, 3.05) is 39.6 Å². The molecule has 92 heavy (non-hydrogen) atoms. The zero-order valence-corrected chi connectivity index (χ0v) is 48.9. The molecule has 33 nitrogen and oxygen atoms in total. The second-order valence-corrected chi connectivity index (χ2v) is 21.6. The van der Waals surface area contributed by atoms with E-state index in [2.05, 4.69) is 0 Å². The third kappa shape index (κ3) is 17.0. The predicted molar refractivity (Wildman–Crippen MR) is 297 cm³/mol. The number of phenolic OH excluding ortho intramolecular Hbond substituents is 2. The summed E-state index contributed by atoms with van der Waals surface area (Å²) in [5.74, 6) is -9.08. The van der Waals surface area contributed by atoms with Crippen molar-refractivity contribution >= 4 is 42.0 Å². The van der Waals surface area contributed by atoms with Crippen LogP contribution in [-0.4, -0.2) is 288 Å². The summed E-state index contributed by atoms with van der Waals surface area (Å²) in [5, 5.41) is 152. The number of phenols is 2. The van der Waals surface area contributed by atoms with E-state index in [1.54, 1.807) is 6.07 Å². The van der Waals surface area contributed by atoms with Crippen LogP contribution in [-0.2, 0) is 85.5 Å². The highest BCUT2D eigenvalue weighted by Crippen LogP contribution is 2.43. The summed E-state index contributed by atoms with van der Waals surface area (Å²) >= 11 is 0. The van der Waals surface area contributed by atoms with E-state index in [1.807, 2.05) is 0 Å². The molecular weight excluding hydrogens is 1240 g/mol. The van der Waals surface area contributed by atoms with Gasteiger partial charge in [-0.25, -0.2) is 14.4 Å². The first-order chi connectivity index (χ1) is 43.9. The maximum absolute atomic E-state index is 14.3. The highest BCUT2D eigenvalue weighted by molar-refractivity contribution is 5.90. The van der Waals surface area contributed by atoms with Gasteiger partial charge in [-0.3, -0.25) is 9.59 Å². The summed E-state index contributed by atoms with van der Waals surface area (Å²) < 4.78 is 84.1. The third-order valence-electron chi connectivity index (χ3n) is 15.2. The number of carbonyl (C=O) groups is 5. The Bertz CT molecular complexity index is 2970. The smallest absolute Gasteiger partial charge is 0.338 e. The van der Waals surface area contributed by atoms with Gasteiger partial charge in [0.1, 0.15) is 122 Å². The van der Waals surface area contributed by atoms with Gasteiger partial charge < -0.3 is 138 Å². The number of rotatable bonds is 24. The minimum absolute atomic E-state index is 0.113. The molecule has 24 atom stereocenters. The molecule has 5 aliphatic heterocycles. The normalized spacial score (nSPS) is 36.5. The molecule has 0 saturated carbocycles. The van der Waals surface area contributed by atoms with Crippen LogP contribution in [0.3, 0.4) is 0 Å². The van der Waals surface area contributed by atoms with Crippen molar-refractivity contribution in [2.24, 2.45) is 0 Å². The molecule has 5 fully saturated rings. The number of ether oxygens (including phenoxy) is 14. The van der Waals surface area contributed by atoms with Gasteiger partial charge in [0.05, 0.1) is 32.0 Å². The molecule has 3 aromatic carbocycles. The minimum atomic E-state index is -3.00. The topological polar surface area (TPSA) is 498 Å². The Morgan fingerprint density at radius 3 is 1.46 bits per heavy atom. The number of hydrogen-bond donors (Lipinski definition) is 14. The maximum Gasteiger partial charge on any atom is 0.338 e. The van der Waals surface area contributed by atoms with Crippen LogP contribution < -0.4 is 0 Å². The first-order valence-electron chi connectivity index (χ1n) is 28.6. The van der Waals surface area contributed by atoms with Crippen LogP contribution in [0, 0.1) is 0 Å². The van der Waals surface area contributed by atoms with E-state index in [0.29, 0.717) is 11.1 Å². The van der Waals surface area contributed by atoms with Crippen molar-refractivity contribution in [1.82, 2.24) is 0 Å². The average Bonchev–Trinajstić information content (AvgIpc) is 1.36. The van der Waals surface area contributed by atoms with Crippen LogP contribution in [0.2, 0.25) is 0 Å². The lowest BCUT2D eigenvalue weighted by molar-refractivity contribution is -0.423. The van der Waals surface area contributed by atoms with Crippen molar-refractivity contribution < 1.29 is 162 Å². The summed E-state index contributed by atoms with van der Waals surface area (Å²) in [6.45, 7) is -4.75. The van der Waals surface area contributed by atoms with Gasteiger partial charge in [-0.15, -0.1) is 0 Å². The Morgan fingerprint density at radius 1 is 0.457 bits per heavy atom. The van der Waals surface area contributed by atoms with E-state index in [9.17, 15) is 95.5 Å². The summed E-state index contributed by atoms with van der Waals surface area (Å²) in [6.07, 6.45) is -45.2.